The maximum absolute atomic E-state index is 12.2. The number of piperazine rings is 1. The van der Waals surface area contributed by atoms with E-state index in [0.717, 1.165) is 24.4 Å². The summed E-state index contributed by atoms with van der Waals surface area (Å²) in [6, 6.07) is 3.84. The molecule has 0 N–H and O–H groups in total. The number of carbonyl (C=O) groups excluding carboxylic acids is 1. The van der Waals surface area contributed by atoms with Crippen molar-refractivity contribution in [2.75, 3.05) is 56.5 Å². The molecule has 0 bridgehead atoms. The van der Waals surface area contributed by atoms with E-state index in [0.29, 0.717) is 58.2 Å². The number of amides is 1. The average molecular weight is 469 g/mol. The van der Waals surface area contributed by atoms with E-state index in [9.17, 15) is 13.2 Å². The zero-order valence-corrected chi connectivity index (χ0v) is 20.2. The van der Waals surface area contributed by atoms with E-state index in [2.05, 4.69) is 9.88 Å². The minimum atomic E-state index is -3.14. The lowest BCUT2D eigenvalue weighted by molar-refractivity contribution is 0.0608. The van der Waals surface area contributed by atoms with Crippen LogP contribution in [0.3, 0.4) is 0 Å². The Morgan fingerprint density at radius 1 is 1.12 bits per heavy atom. The molecular weight excluding hydrogens is 432 g/mol. The summed E-state index contributed by atoms with van der Waals surface area (Å²) in [5.41, 5.74) is 0. The molecule has 2 aliphatic rings. The van der Waals surface area contributed by atoms with Crippen LogP contribution in [0, 0.1) is 5.92 Å². The van der Waals surface area contributed by atoms with Gasteiger partial charge in [-0.25, -0.2) is 18.2 Å². The number of carbonyl (C=O) groups is 1. The quantitative estimate of drug-likeness (QED) is 0.579. The van der Waals surface area contributed by atoms with Crippen LogP contribution in [-0.2, 0) is 14.8 Å². The Morgan fingerprint density at radius 2 is 1.81 bits per heavy atom. The van der Waals surface area contributed by atoms with Crippen LogP contribution >= 0.6 is 0 Å². The molecule has 9 nitrogen and oxygen atoms in total. The highest BCUT2D eigenvalue weighted by Crippen LogP contribution is 2.22. The van der Waals surface area contributed by atoms with Gasteiger partial charge in [-0.2, -0.15) is 4.31 Å². The van der Waals surface area contributed by atoms with Gasteiger partial charge in [0.1, 0.15) is 11.6 Å². The molecule has 0 saturated carbocycles. The first-order valence-corrected chi connectivity index (χ1v) is 13.2. The number of hydrogen-bond donors (Lipinski definition) is 0. The van der Waals surface area contributed by atoms with Gasteiger partial charge in [0, 0.05) is 39.3 Å². The van der Waals surface area contributed by atoms with Gasteiger partial charge in [0.25, 0.3) is 0 Å². The van der Waals surface area contributed by atoms with Crippen LogP contribution in [-0.4, -0.2) is 86.4 Å². The third kappa shape index (κ3) is 6.71. The van der Waals surface area contributed by atoms with Crippen LogP contribution in [0.5, 0.6) is 5.75 Å². The van der Waals surface area contributed by atoms with Crippen LogP contribution in [0.1, 0.15) is 40.0 Å². The molecule has 3 rings (SSSR count). The second-order valence-electron chi connectivity index (χ2n) is 8.73. The molecule has 1 aromatic heterocycles. The van der Waals surface area contributed by atoms with Gasteiger partial charge in [0.05, 0.1) is 24.7 Å². The number of anilines is 1. The first-order chi connectivity index (χ1) is 15.3. The van der Waals surface area contributed by atoms with Crippen LogP contribution in [0.15, 0.2) is 18.3 Å². The van der Waals surface area contributed by atoms with Crippen molar-refractivity contribution in [3.05, 3.63) is 18.3 Å². The smallest absolute Gasteiger partial charge is 0.410 e. The van der Waals surface area contributed by atoms with Crippen LogP contribution in [0.25, 0.3) is 0 Å². The van der Waals surface area contributed by atoms with Gasteiger partial charge in [0.15, 0.2) is 0 Å². The second kappa shape index (κ2) is 11.2. The highest BCUT2D eigenvalue weighted by atomic mass is 32.2. The summed E-state index contributed by atoms with van der Waals surface area (Å²) < 4.78 is 37.2. The molecule has 2 saturated heterocycles. The average Bonchev–Trinajstić information content (AvgIpc) is 2.78. The summed E-state index contributed by atoms with van der Waals surface area (Å²) in [5, 5.41) is 0. The fourth-order valence-corrected chi connectivity index (χ4v) is 5.49. The number of rotatable bonds is 8. The molecule has 1 amide bonds. The number of likely N-dealkylation sites (tertiary alicyclic amines) is 1. The largest absolute Gasteiger partial charge is 0.492 e. The molecule has 180 valence electrons. The lowest BCUT2D eigenvalue weighted by Gasteiger charge is -2.34. The third-order valence-corrected chi connectivity index (χ3v) is 7.91. The summed E-state index contributed by atoms with van der Waals surface area (Å²) >= 11 is 0. The number of hydrogen-bond acceptors (Lipinski definition) is 7. The fraction of sp³-hybridized carbons (Fsp3) is 0.727. The standard InChI is InChI=1S/C22H36N4O5S/c1-4-15-32(28,29)26-13-11-24(12-14-26)21-6-5-20(16-23-21)30-17-19-7-9-25(10-8-19)22(27)31-18(2)3/h5-6,16,18-19H,4,7-15,17H2,1-3H3. The Hall–Kier alpha value is -2.07. The Balaban J connectivity index is 1.41. The molecule has 0 spiro atoms. The Kier molecular flexibility index (Phi) is 8.58. The SMILES string of the molecule is CCCS(=O)(=O)N1CCN(c2ccc(OCC3CCN(C(=O)OC(C)C)CC3)cn2)CC1. The molecule has 10 heteroatoms. The number of aromatic nitrogens is 1. The number of sulfonamides is 1. The van der Waals surface area contributed by atoms with Gasteiger partial charge >= 0.3 is 6.09 Å². The monoisotopic (exact) mass is 468 g/mol. The van der Waals surface area contributed by atoms with Crippen molar-refractivity contribution in [3.63, 3.8) is 0 Å². The fourth-order valence-electron chi connectivity index (χ4n) is 4.00. The Bertz CT molecular complexity index is 830. The van der Waals surface area contributed by atoms with E-state index < -0.39 is 10.0 Å². The van der Waals surface area contributed by atoms with Crippen molar-refractivity contribution >= 4 is 21.9 Å². The van der Waals surface area contributed by atoms with E-state index in [-0.39, 0.29) is 18.0 Å². The number of nitrogens with zero attached hydrogens (tertiary/aromatic N) is 4. The van der Waals surface area contributed by atoms with E-state index in [4.69, 9.17) is 9.47 Å². The van der Waals surface area contributed by atoms with Crippen molar-refractivity contribution in [1.82, 2.24) is 14.2 Å². The van der Waals surface area contributed by atoms with Crippen molar-refractivity contribution in [1.29, 1.82) is 0 Å². The van der Waals surface area contributed by atoms with Crippen molar-refractivity contribution in [2.45, 2.75) is 46.1 Å². The Labute approximate surface area is 191 Å². The zero-order chi connectivity index (χ0) is 23.1. The van der Waals surface area contributed by atoms with Crippen LogP contribution < -0.4 is 9.64 Å². The number of ether oxygens (including phenoxy) is 2. The number of pyridine rings is 1. The molecule has 0 unspecified atom stereocenters. The molecule has 0 radical (unpaired) electrons. The maximum atomic E-state index is 12.2. The molecule has 0 aromatic carbocycles. The van der Waals surface area contributed by atoms with Gasteiger partial charge in [0.2, 0.25) is 10.0 Å². The van der Waals surface area contributed by atoms with Gasteiger partial charge in [-0.15, -0.1) is 0 Å². The predicted octanol–water partition coefficient (Wildman–Crippen LogP) is 2.58. The van der Waals surface area contributed by atoms with Gasteiger partial charge in [-0.1, -0.05) is 6.92 Å². The first kappa shape index (κ1) is 24.6. The maximum Gasteiger partial charge on any atom is 0.410 e. The molecule has 1 aromatic rings. The van der Waals surface area contributed by atoms with E-state index in [1.54, 1.807) is 15.4 Å². The molecule has 32 heavy (non-hydrogen) atoms. The van der Waals surface area contributed by atoms with Crippen molar-refractivity contribution < 1.29 is 22.7 Å². The van der Waals surface area contributed by atoms with Crippen LogP contribution in [0.2, 0.25) is 0 Å². The Morgan fingerprint density at radius 3 is 2.38 bits per heavy atom. The van der Waals surface area contributed by atoms with Gasteiger partial charge in [-0.3, -0.25) is 0 Å². The molecule has 3 heterocycles. The minimum absolute atomic E-state index is 0.100. The van der Waals surface area contributed by atoms with E-state index in [1.165, 1.54) is 0 Å². The summed E-state index contributed by atoms with van der Waals surface area (Å²) in [5.74, 6) is 2.16. The first-order valence-electron chi connectivity index (χ1n) is 11.6. The minimum Gasteiger partial charge on any atom is -0.492 e. The number of piperidine rings is 1. The summed E-state index contributed by atoms with van der Waals surface area (Å²) in [6.45, 7) is 9.83. The highest BCUT2D eigenvalue weighted by Gasteiger charge is 2.27. The molecule has 0 aliphatic carbocycles. The van der Waals surface area contributed by atoms with E-state index >= 15 is 0 Å². The molecular formula is C22H36N4O5S. The third-order valence-electron chi connectivity index (χ3n) is 5.83. The predicted molar refractivity (Wildman–Crippen MR) is 124 cm³/mol. The summed E-state index contributed by atoms with van der Waals surface area (Å²) in [7, 11) is -3.14. The lowest BCUT2D eigenvalue weighted by atomic mass is 9.98. The lowest BCUT2D eigenvalue weighted by Crippen LogP contribution is -2.49. The van der Waals surface area contributed by atoms with Gasteiger partial charge < -0.3 is 19.3 Å². The van der Waals surface area contributed by atoms with E-state index in [1.807, 2.05) is 32.9 Å². The second-order valence-corrected chi connectivity index (χ2v) is 10.8. The zero-order valence-electron chi connectivity index (χ0n) is 19.4. The normalized spacial score (nSPS) is 18.8. The summed E-state index contributed by atoms with van der Waals surface area (Å²) in [6.07, 6.45) is 3.81. The molecule has 2 fully saturated rings. The highest BCUT2D eigenvalue weighted by molar-refractivity contribution is 7.89. The van der Waals surface area contributed by atoms with Crippen molar-refractivity contribution in [2.24, 2.45) is 5.92 Å². The topological polar surface area (TPSA) is 92.3 Å². The molecule has 0 atom stereocenters. The van der Waals surface area contributed by atoms with Gasteiger partial charge in [-0.05, 0) is 51.2 Å². The van der Waals surface area contributed by atoms with Crippen molar-refractivity contribution in [3.8, 4) is 5.75 Å². The van der Waals surface area contributed by atoms with Crippen LogP contribution in [0.4, 0.5) is 10.6 Å². The molecule has 2 aliphatic heterocycles. The summed E-state index contributed by atoms with van der Waals surface area (Å²) in [4.78, 5) is 20.4.